The van der Waals surface area contributed by atoms with Gasteiger partial charge in [0.1, 0.15) is 11.4 Å². The lowest BCUT2D eigenvalue weighted by Crippen LogP contribution is -2.39. The molecule has 0 bridgehead atoms. The van der Waals surface area contributed by atoms with E-state index in [9.17, 15) is 9.59 Å². The van der Waals surface area contributed by atoms with Gasteiger partial charge in [-0.25, -0.2) is 19.4 Å². The van der Waals surface area contributed by atoms with Gasteiger partial charge in [0.2, 0.25) is 5.88 Å². The molecule has 156 valence electrons. The number of benzene rings is 1. The van der Waals surface area contributed by atoms with Gasteiger partial charge in [0.25, 0.3) is 5.91 Å². The first kappa shape index (κ1) is 19.9. The number of ether oxygens (including phenoxy) is 1. The third kappa shape index (κ3) is 3.85. The summed E-state index contributed by atoms with van der Waals surface area (Å²) < 4.78 is 6.88. The Balaban J connectivity index is 1.45. The van der Waals surface area contributed by atoms with E-state index in [2.05, 4.69) is 15.2 Å². The molecule has 8 nitrogen and oxygen atoms in total. The van der Waals surface area contributed by atoms with Gasteiger partial charge in [-0.2, -0.15) is 5.10 Å². The number of carbonyl (C=O) groups is 1. The number of hydrogen-bond donors (Lipinski definition) is 1. The quantitative estimate of drug-likeness (QED) is 0.701. The fourth-order valence-electron chi connectivity index (χ4n) is 4.01. The Hall–Kier alpha value is -3.42. The van der Waals surface area contributed by atoms with Crippen LogP contribution in [0.1, 0.15) is 34.6 Å². The van der Waals surface area contributed by atoms with Crippen LogP contribution in [0.5, 0.6) is 5.88 Å². The minimum Gasteiger partial charge on any atom is -0.480 e. The van der Waals surface area contributed by atoms with Crippen LogP contribution in [-0.4, -0.2) is 50.8 Å². The van der Waals surface area contributed by atoms with Gasteiger partial charge in [-0.05, 0) is 49.4 Å². The van der Waals surface area contributed by atoms with E-state index in [1.54, 1.807) is 22.9 Å². The number of methoxy groups -OCH3 is 1. The van der Waals surface area contributed by atoms with Gasteiger partial charge in [0.05, 0.1) is 12.8 Å². The maximum Gasteiger partial charge on any atom is 0.347 e. The van der Waals surface area contributed by atoms with E-state index in [4.69, 9.17) is 4.74 Å². The van der Waals surface area contributed by atoms with Crippen LogP contribution in [0, 0.1) is 12.8 Å². The third-order valence-electron chi connectivity index (χ3n) is 5.67. The Morgan fingerprint density at radius 1 is 1.20 bits per heavy atom. The third-order valence-corrected chi connectivity index (χ3v) is 5.67. The second-order valence-electron chi connectivity index (χ2n) is 7.57. The fraction of sp³-hybridized carbons (Fsp3) is 0.364. The standard InChI is InChI=1S/C22H25N5O3/c1-15-6-3-4-8-18(15)27-19(24-25-22(27)29)14-16-9-12-26(13-10-16)21(28)17-7-5-11-23-20(17)30-2/h3-8,11,16H,9-10,12-14H2,1-2H3,(H,25,29). The van der Waals surface area contributed by atoms with Crippen molar-refractivity contribution in [2.24, 2.45) is 5.92 Å². The topological polar surface area (TPSA) is 93.1 Å². The average molecular weight is 407 g/mol. The van der Waals surface area contributed by atoms with Gasteiger partial charge in [-0.3, -0.25) is 4.79 Å². The highest BCUT2D eigenvalue weighted by Gasteiger charge is 2.27. The SMILES string of the molecule is COc1ncccc1C(=O)N1CCC(Cc2n[nH]c(=O)n2-c2ccccc2C)CC1. The molecule has 0 radical (unpaired) electrons. The van der Waals surface area contributed by atoms with Crippen molar-refractivity contribution in [1.82, 2.24) is 24.6 Å². The van der Waals surface area contributed by atoms with Gasteiger partial charge in [0, 0.05) is 25.7 Å². The lowest BCUT2D eigenvalue weighted by molar-refractivity contribution is 0.0685. The van der Waals surface area contributed by atoms with Crippen molar-refractivity contribution in [2.45, 2.75) is 26.2 Å². The van der Waals surface area contributed by atoms with Crippen LogP contribution in [0.15, 0.2) is 47.4 Å². The molecule has 1 aliphatic heterocycles. The highest BCUT2D eigenvalue weighted by molar-refractivity contribution is 5.96. The Bertz CT molecular complexity index is 1100. The van der Waals surface area contributed by atoms with Crippen molar-refractivity contribution in [2.75, 3.05) is 20.2 Å². The number of nitrogens with one attached hydrogen (secondary N) is 1. The molecule has 3 heterocycles. The van der Waals surface area contributed by atoms with Crippen molar-refractivity contribution in [3.05, 3.63) is 70.0 Å². The number of pyridine rings is 1. The Morgan fingerprint density at radius 2 is 1.97 bits per heavy atom. The summed E-state index contributed by atoms with van der Waals surface area (Å²) in [5, 5.41) is 6.86. The number of carbonyl (C=O) groups excluding carboxylic acids is 1. The molecule has 1 fully saturated rings. The van der Waals surface area contributed by atoms with E-state index in [-0.39, 0.29) is 11.6 Å². The van der Waals surface area contributed by atoms with Crippen LogP contribution in [0.25, 0.3) is 5.69 Å². The molecule has 0 saturated carbocycles. The van der Waals surface area contributed by atoms with Gasteiger partial charge in [-0.15, -0.1) is 0 Å². The van der Waals surface area contributed by atoms with Crippen molar-refractivity contribution >= 4 is 5.91 Å². The summed E-state index contributed by atoms with van der Waals surface area (Å²) in [6.45, 7) is 3.29. The maximum atomic E-state index is 12.9. The first-order valence-electron chi connectivity index (χ1n) is 10.1. The highest BCUT2D eigenvalue weighted by atomic mass is 16.5. The number of para-hydroxylation sites is 1. The zero-order valence-corrected chi connectivity index (χ0v) is 17.2. The Kier molecular flexibility index (Phi) is 5.65. The number of aromatic nitrogens is 4. The molecule has 1 aromatic carbocycles. The number of H-pyrrole nitrogens is 1. The van der Waals surface area contributed by atoms with Crippen LogP contribution in [0.2, 0.25) is 0 Å². The summed E-state index contributed by atoms with van der Waals surface area (Å²) in [4.78, 5) is 31.2. The molecule has 3 aromatic rings. The smallest absolute Gasteiger partial charge is 0.347 e. The van der Waals surface area contributed by atoms with Gasteiger partial charge >= 0.3 is 5.69 Å². The molecule has 0 aliphatic carbocycles. The number of aromatic amines is 1. The minimum atomic E-state index is -0.226. The molecule has 1 N–H and O–H groups in total. The van der Waals surface area contributed by atoms with Crippen molar-refractivity contribution < 1.29 is 9.53 Å². The maximum absolute atomic E-state index is 12.9. The molecule has 1 amide bonds. The van der Waals surface area contributed by atoms with Gasteiger partial charge < -0.3 is 9.64 Å². The monoisotopic (exact) mass is 407 g/mol. The normalized spacial score (nSPS) is 14.7. The second kappa shape index (κ2) is 8.52. The van der Waals surface area contributed by atoms with Crippen LogP contribution >= 0.6 is 0 Å². The first-order valence-corrected chi connectivity index (χ1v) is 10.1. The Labute approximate surface area is 174 Å². The lowest BCUT2D eigenvalue weighted by Gasteiger charge is -2.32. The highest BCUT2D eigenvalue weighted by Crippen LogP contribution is 2.25. The Morgan fingerprint density at radius 3 is 2.70 bits per heavy atom. The second-order valence-corrected chi connectivity index (χ2v) is 7.57. The molecule has 8 heteroatoms. The summed E-state index contributed by atoms with van der Waals surface area (Å²) in [6.07, 6.45) is 4.00. The van der Waals surface area contributed by atoms with Gasteiger partial charge in [-0.1, -0.05) is 18.2 Å². The number of amides is 1. The fourth-order valence-corrected chi connectivity index (χ4v) is 4.01. The number of piperidine rings is 1. The van der Waals surface area contributed by atoms with E-state index < -0.39 is 0 Å². The summed E-state index contributed by atoms with van der Waals surface area (Å²) in [7, 11) is 1.52. The zero-order chi connectivity index (χ0) is 21.1. The molecular formula is C22H25N5O3. The van der Waals surface area contributed by atoms with Crippen molar-refractivity contribution in [1.29, 1.82) is 0 Å². The molecule has 0 spiro atoms. The molecular weight excluding hydrogens is 382 g/mol. The minimum absolute atomic E-state index is 0.0602. The summed E-state index contributed by atoms with van der Waals surface area (Å²) in [5.74, 6) is 1.37. The van der Waals surface area contributed by atoms with Crippen molar-refractivity contribution in [3.63, 3.8) is 0 Å². The molecule has 2 aromatic heterocycles. The largest absolute Gasteiger partial charge is 0.480 e. The summed E-state index contributed by atoms with van der Waals surface area (Å²) >= 11 is 0. The number of likely N-dealkylation sites (tertiary alicyclic amines) is 1. The van der Waals surface area contributed by atoms with Crippen molar-refractivity contribution in [3.8, 4) is 11.6 Å². The van der Waals surface area contributed by atoms with E-state index in [1.807, 2.05) is 36.1 Å². The molecule has 4 rings (SSSR count). The predicted molar refractivity (Wildman–Crippen MR) is 112 cm³/mol. The summed E-state index contributed by atoms with van der Waals surface area (Å²) in [6, 6.07) is 11.3. The van der Waals surface area contributed by atoms with Crippen LogP contribution < -0.4 is 10.4 Å². The van der Waals surface area contributed by atoms with E-state index in [0.29, 0.717) is 36.9 Å². The van der Waals surface area contributed by atoms with Gasteiger partial charge in [0.15, 0.2) is 0 Å². The molecule has 0 atom stereocenters. The number of aryl methyl sites for hydroxylation is 1. The average Bonchev–Trinajstić information content (AvgIpc) is 3.14. The number of nitrogens with zero attached hydrogens (tertiary/aromatic N) is 4. The van der Waals surface area contributed by atoms with Crippen LogP contribution in [0.4, 0.5) is 0 Å². The molecule has 0 unspecified atom stereocenters. The predicted octanol–water partition coefficient (Wildman–Crippen LogP) is 2.37. The number of rotatable bonds is 5. The lowest BCUT2D eigenvalue weighted by atomic mass is 9.92. The molecule has 1 aliphatic rings. The van der Waals surface area contributed by atoms with E-state index in [1.165, 1.54) is 7.11 Å². The molecule has 1 saturated heterocycles. The summed E-state index contributed by atoms with van der Waals surface area (Å²) in [5.41, 5.74) is 2.13. The molecule has 30 heavy (non-hydrogen) atoms. The van der Waals surface area contributed by atoms with Crippen LogP contribution in [0.3, 0.4) is 0 Å². The van der Waals surface area contributed by atoms with E-state index >= 15 is 0 Å². The number of hydrogen-bond acceptors (Lipinski definition) is 5. The first-order chi connectivity index (χ1) is 14.6. The van der Waals surface area contributed by atoms with Crippen LogP contribution in [-0.2, 0) is 6.42 Å². The van der Waals surface area contributed by atoms with E-state index in [0.717, 1.165) is 29.9 Å². The zero-order valence-electron chi connectivity index (χ0n) is 17.2.